The molecule has 0 bridgehead atoms. The predicted molar refractivity (Wildman–Crippen MR) is 74.9 cm³/mol. The lowest BCUT2D eigenvalue weighted by molar-refractivity contribution is 0.222. The molecule has 0 radical (unpaired) electrons. The lowest BCUT2D eigenvalue weighted by atomic mass is 10.4. The highest BCUT2D eigenvalue weighted by molar-refractivity contribution is 7.89. The van der Waals surface area contributed by atoms with Crippen molar-refractivity contribution in [1.29, 1.82) is 0 Å². The van der Waals surface area contributed by atoms with Gasteiger partial charge in [0, 0.05) is 44.1 Å². The molecule has 1 aromatic heterocycles. The smallest absolute Gasteiger partial charge is 0.244 e. The van der Waals surface area contributed by atoms with E-state index in [2.05, 4.69) is 4.90 Å². The number of rotatable bonds is 4. The number of nitrogens with zero attached hydrogens (tertiary/aromatic N) is 3. The van der Waals surface area contributed by atoms with Gasteiger partial charge in [0.1, 0.15) is 4.90 Å². The summed E-state index contributed by atoms with van der Waals surface area (Å²) in [6.45, 7) is 2.46. The van der Waals surface area contributed by atoms with Gasteiger partial charge in [-0.15, -0.1) is 0 Å². The first-order valence-corrected chi connectivity index (χ1v) is 8.46. The Morgan fingerprint density at radius 3 is 2.45 bits per heavy atom. The normalized spacial score (nSPS) is 22.3. The molecule has 112 valence electrons. The summed E-state index contributed by atoms with van der Waals surface area (Å²) in [6, 6.07) is 1.99. The molecule has 0 spiro atoms. The van der Waals surface area contributed by atoms with Gasteiger partial charge < -0.3 is 14.6 Å². The first kappa shape index (κ1) is 14.1. The number of hydrogen-bond donors (Lipinski definition) is 1. The second-order valence-corrected chi connectivity index (χ2v) is 7.61. The summed E-state index contributed by atoms with van der Waals surface area (Å²) in [5.74, 6) is 0. The molecule has 2 fully saturated rings. The molecule has 3 rings (SSSR count). The quantitative estimate of drug-likeness (QED) is 0.865. The van der Waals surface area contributed by atoms with Crippen molar-refractivity contribution in [1.82, 2.24) is 13.8 Å². The molecule has 2 aliphatic rings. The molecule has 1 saturated heterocycles. The Labute approximate surface area is 119 Å². The van der Waals surface area contributed by atoms with Gasteiger partial charge in [0.15, 0.2) is 0 Å². The van der Waals surface area contributed by atoms with Crippen LogP contribution in [0.3, 0.4) is 0 Å². The number of hydrogen-bond acceptors (Lipinski definition) is 4. The summed E-state index contributed by atoms with van der Waals surface area (Å²) in [5.41, 5.74) is 0.695. The summed E-state index contributed by atoms with van der Waals surface area (Å²) < 4.78 is 28.7. The minimum atomic E-state index is -3.43. The Morgan fingerprint density at radius 1 is 1.25 bits per heavy atom. The average molecular weight is 299 g/mol. The number of piperazine rings is 1. The fourth-order valence-corrected chi connectivity index (χ4v) is 4.11. The van der Waals surface area contributed by atoms with Gasteiger partial charge in [-0.1, -0.05) is 0 Å². The first-order chi connectivity index (χ1) is 9.52. The zero-order valence-corrected chi connectivity index (χ0v) is 12.5. The van der Waals surface area contributed by atoms with Crippen LogP contribution in [-0.2, 0) is 16.6 Å². The minimum absolute atomic E-state index is 0.116. The summed E-state index contributed by atoms with van der Waals surface area (Å²) in [5, 5.41) is 9.38. The molecular weight excluding hydrogens is 278 g/mol. The topological polar surface area (TPSA) is 65.8 Å². The van der Waals surface area contributed by atoms with Crippen LogP contribution in [-0.4, -0.2) is 60.5 Å². The van der Waals surface area contributed by atoms with Crippen LogP contribution < -0.4 is 0 Å². The summed E-state index contributed by atoms with van der Waals surface area (Å²) >= 11 is 0. The molecule has 0 atom stereocenters. The highest BCUT2D eigenvalue weighted by Gasteiger charge is 2.32. The van der Waals surface area contributed by atoms with Crippen molar-refractivity contribution in [3.63, 3.8) is 0 Å². The van der Waals surface area contributed by atoms with Crippen LogP contribution in [0.25, 0.3) is 0 Å². The van der Waals surface area contributed by atoms with Gasteiger partial charge in [0.25, 0.3) is 0 Å². The molecule has 1 saturated carbocycles. The third kappa shape index (κ3) is 2.50. The number of likely N-dealkylation sites (N-methyl/N-ethyl adjacent to an activating group) is 1. The Morgan fingerprint density at radius 2 is 1.90 bits per heavy atom. The van der Waals surface area contributed by atoms with Crippen LogP contribution in [0.15, 0.2) is 17.2 Å². The maximum atomic E-state index is 12.6. The lowest BCUT2D eigenvalue weighted by Crippen LogP contribution is -2.46. The maximum Gasteiger partial charge on any atom is 0.244 e. The molecule has 1 aromatic rings. The van der Waals surface area contributed by atoms with Crippen LogP contribution in [0.2, 0.25) is 0 Å². The lowest BCUT2D eigenvalue weighted by Gasteiger charge is -2.31. The molecule has 0 aromatic carbocycles. The standard InChI is InChI=1S/C13H21N3O3S/c1-14-4-6-15(7-5-14)20(18,19)13-8-12(10-17)16(9-13)11-2-3-11/h8-9,11,17H,2-7,10H2,1H3. The Kier molecular flexibility index (Phi) is 3.62. The highest BCUT2D eigenvalue weighted by atomic mass is 32.2. The van der Waals surface area contributed by atoms with E-state index < -0.39 is 10.0 Å². The van der Waals surface area contributed by atoms with Crippen molar-refractivity contribution in [2.24, 2.45) is 0 Å². The Hall–Kier alpha value is -0.890. The number of aliphatic hydroxyl groups excluding tert-OH is 1. The molecule has 20 heavy (non-hydrogen) atoms. The second kappa shape index (κ2) is 5.14. The van der Waals surface area contributed by atoms with E-state index in [1.807, 2.05) is 11.6 Å². The van der Waals surface area contributed by atoms with Crippen LogP contribution >= 0.6 is 0 Å². The molecule has 0 amide bonds. The van der Waals surface area contributed by atoms with Crippen molar-refractivity contribution in [3.8, 4) is 0 Å². The Balaban J connectivity index is 1.87. The molecular formula is C13H21N3O3S. The van der Waals surface area contributed by atoms with E-state index in [4.69, 9.17) is 0 Å². The van der Waals surface area contributed by atoms with Gasteiger partial charge in [0.2, 0.25) is 10.0 Å². The van der Waals surface area contributed by atoms with Crippen molar-refractivity contribution in [2.45, 2.75) is 30.4 Å². The molecule has 1 N–H and O–H groups in total. The van der Waals surface area contributed by atoms with Crippen LogP contribution in [0, 0.1) is 0 Å². The largest absolute Gasteiger partial charge is 0.390 e. The summed E-state index contributed by atoms with van der Waals surface area (Å²) in [6.07, 6.45) is 3.82. The number of aromatic nitrogens is 1. The van der Waals surface area contributed by atoms with E-state index in [1.54, 1.807) is 16.6 Å². The van der Waals surface area contributed by atoms with E-state index in [-0.39, 0.29) is 6.61 Å². The van der Waals surface area contributed by atoms with E-state index in [0.29, 0.717) is 29.7 Å². The number of sulfonamides is 1. The second-order valence-electron chi connectivity index (χ2n) is 5.67. The van der Waals surface area contributed by atoms with Gasteiger partial charge in [-0.05, 0) is 26.0 Å². The van der Waals surface area contributed by atoms with Gasteiger partial charge in [-0.3, -0.25) is 0 Å². The molecule has 1 aliphatic heterocycles. The maximum absolute atomic E-state index is 12.6. The zero-order valence-electron chi connectivity index (χ0n) is 11.7. The SMILES string of the molecule is CN1CCN(S(=O)(=O)c2cc(CO)n(C3CC3)c2)CC1. The van der Waals surface area contributed by atoms with Gasteiger partial charge >= 0.3 is 0 Å². The highest BCUT2D eigenvalue weighted by Crippen LogP contribution is 2.37. The molecule has 7 heteroatoms. The first-order valence-electron chi connectivity index (χ1n) is 7.02. The monoisotopic (exact) mass is 299 g/mol. The van der Waals surface area contributed by atoms with Gasteiger partial charge in [-0.2, -0.15) is 4.31 Å². The van der Waals surface area contributed by atoms with Gasteiger partial charge in [-0.25, -0.2) is 8.42 Å². The van der Waals surface area contributed by atoms with Crippen molar-refractivity contribution in [2.75, 3.05) is 33.2 Å². The van der Waals surface area contributed by atoms with Crippen molar-refractivity contribution >= 4 is 10.0 Å². The molecule has 2 heterocycles. The fraction of sp³-hybridized carbons (Fsp3) is 0.692. The van der Waals surface area contributed by atoms with Crippen LogP contribution in [0.5, 0.6) is 0 Å². The number of aliphatic hydroxyl groups is 1. The third-order valence-electron chi connectivity index (χ3n) is 4.11. The summed E-state index contributed by atoms with van der Waals surface area (Å²) in [4.78, 5) is 2.44. The Bertz CT molecular complexity index is 584. The van der Waals surface area contributed by atoms with E-state index in [0.717, 1.165) is 25.9 Å². The van der Waals surface area contributed by atoms with E-state index in [1.165, 1.54) is 0 Å². The van der Waals surface area contributed by atoms with Crippen LogP contribution in [0.1, 0.15) is 24.6 Å². The minimum Gasteiger partial charge on any atom is -0.390 e. The van der Waals surface area contributed by atoms with Gasteiger partial charge in [0.05, 0.1) is 6.61 Å². The average Bonchev–Trinajstić information content (AvgIpc) is 3.18. The molecule has 6 nitrogen and oxygen atoms in total. The van der Waals surface area contributed by atoms with Crippen LogP contribution in [0.4, 0.5) is 0 Å². The van der Waals surface area contributed by atoms with E-state index in [9.17, 15) is 13.5 Å². The zero-order chi connectivity index (χ0) is 14.3. The fourth-order valence-electron chi connectivity index (χ4n) is 2.63. The van der Waals surface area contributed by atoms with E-state index >= 15 is 0 Å². The molecule has 0 unspecified atom stereocenters. The third-order valence-corrected chi connectivity index (χ3v) is 5.97. The van der Waals surface area contributed by atoms with Crippen molar-refractivity contribution in [3.05, 3.63) is 18.0 Å². The van der Waals surface area contributed by atoms with Crippen molar-refractivity contribution < 1.29 is 13.5 Å². The predicted octanol–water partition coefficient (Wildman–Crippen LogP) is 0.251. The molecule has 1 aliphatic carbocycles. The summed E-state index contributed by atoms with van der Waals surface area (Å²) in [7, 11) is -1.43.